The minimum absolute atomic E-state index is 0.102. The van der Waals surface area contributed by atoms with Crippen molar-refractivity contribution >= 4 is 11.6 Å². The maximum atomic E-state index is 12.5. The number of nitrogens with one attached hydrogen (secondary N) is 1. The summed E-state index contributed by atoms with van der Waals surface area (Å²) in [6, 6.07) is 11.7. The third-order valence-electron chi connectivity index (χ3n) is 3.89. The molecule has 0 radical (unpaired) electrons. The van der Waals surface area contributed by atoms with Crippen LogP contribution in [-0.2, 0) is 0 Å². The Morgan fingerprint density at radius 1 is 1.04 bits per heavy atom. The molecule has 4 heteroatoms. The molecule has 0 spiro atoms. The summed E-state index contributed by atoms with van der Waals surface area (Å²) in [5.41, 5.74) is 5.78. The van der Waals surface area contributed by atoms with Crippen LogP contribution in [0.5, 0.6) is 0 Å². The SMILES string of the molecule is Cc1cc(NC(=O)c2ccc(C)c(C)c2)cc(-n2ccnc2)c1. The highest BCUT2D eigenvalue weighted by Crippen LogP contribution is 2.19. The van der Waals surface area contributed by atoms with Crippen molar-refractivity contribution < 1.29 is 4.79 Å². The molecule has 0 fully saturated rings. The molecule has 1 heterocycles. The second kappa shape index (κ2) is 6.08. The van der Waals surface area contributed by atoms with E-state index in [9.17, 15) is 4.79 Å². The quantitative estimate of drug-likeness (QED) is 0.793. The molecule has 0 unspecified atom stereocenters. The fourth-order valence-electron chi connectivity index (χ4n) is 2.48. The molecule has 0 aliphatic heterocycles. The van der Waals surface area contributed by atoms with E-state index in [0.29, 0.717) is 5.56 Å². The van der Waals surface area contributed by atoms with Crippen molar-refractivity contribution in [2.24, 2.45) is 0 Å². The number of anilines is 1. The lowest BCUT2D eigenvalue weighted by atomic mass is 10.1. The lowest BCUT2D eigenvalue weighted by Gasteiger charge is -2.11. The van der Waals surface area contributed by atoms with Crippen LogP contribution in [0.2, 0.25) is 0 Å². The second-order valence-corrected chi connectivity index (χ2v) is 5.78. The predicted octanol–water partition coefficient (Wildman–Crippen LogP) is 4.05. The molecule has 2 aromatic carbocycles. The van der Waals surface area contributed by atoms with E-state index < -0.39 is 0 Å². The average molecular weight is 305 g/mol. The third-order valence-corrected chi connectivity index (χ3v) is 3.89. The molecule has 0 saturated heterocycles. The molecule has 116 valence electrons. The van der Waals surface area contributed by atoms with Gasteiger partial charge in [-0.05, 0) is 67.8 Å². The lowest BCUT2D eigenvalue weighted by Crippen LogP contribution is -2.12. The molecule has 0 aliphatic carbocycles. The van der Waals surface area contributed by atoms with Crippen molar-refractivity contribution in [1.29, 1.82) is 0 Å². The molecule has 0 atom stereocenters. The van der Waals surface area contributed by atoms with E-state index in [1.165, 1.54) is 5.56 Å². The highest BCUT2D eigenvalue weighted by molar-refractivity contribution is 6.04. The van der Waals surface area contributed by atoms with Crippen LogP contribution in [0, 0.1) is 20.8 Å². The Kier molecular flexibility index (Phi) is 3.98. The number of aryl methyl sites for hydroxylation is 3. The van der Waals surface area contributed by atoms with Gasteiger partial charge in [0, 0.05) is 29.3 Å². The number of nitrogens with zero attached hydrogens (tertiary/aromatic N) is 2. The normalized spacial score (nSPS) is 10.6. The Labute approximate surface area is 135 Å². The third kappa shape index (κ3) is 3.31. The minimum Gasteiger partial charge on any atom is -0.322 e. The number of imidazole rings is 1. The zero-order valence-electron chi connectivity index (χ0n) is 13.5. The highest BCUT2D eigenvalue weighted by Gasteiger charge is 2.08. The number of hydrogen-bond acceptors (Lipinski definition) is 2. The average Bonchev–Trinajstić information content (AvgIpc) is 3.03. The molecular formula is C19H19N3O. The van der Waals surface area contributed by atoms with Crippen LogP contribution in [0.25, 0.3) is 5.69 Å². The first-order valence-corrected chi connectivity index (χ1v) is 7.51. The van der Waals surface area contributed by atoms with E-state index >= 15 is 0 Å². The Bertz CT molecular complexity index is 851. The van der Waals surface area contributed by atoms with Gasteiger partial charge in [0.2, 0.25) is 0 Å². The molecule has 3 rings (SSSR count). The zero-order valence-corrected chi connectivity index (χ0v) is 13.5. The summed E-state index contributed by atoms with van der Waals surface area (Å²) in [5, 5.41) is 2.98. The zero-order chi connectivity index (χ0) is 16.4. The van der Waals surface area contributed by atoms with Crippen molar-refractivity contribution in [1.82, 2.24) is 9.55 Å². The summed E-state index contributed by atoms with van der Waals surface area (Å²) in [4.78, 5) is 16.5. The van der Waals surface area contributed by atoms with Crippen molar-refractivity contribution in [3.8, 4) is 5.69 Å². The first-order chi connectivity index (χ1) is 11.0. The predicted molar refractivity (Wildman–Crippen MR) is 92.2 cm³/mol. The van der Waals surface area contributed by atoms with Crippen molar-refractivity contribution in [2.75, 3.05) is 5.32 Å². The number of hydrogen-bond donors (Lipinski definition) is 1. The summed E-state index contributed by atoms with van der Waals surface area (Å²) in [7, 11) is 0. The number of carbonyl (C=O) groups is 1. The molecule has 0 aliphatic rings. The van der Waals surface area contributed by atoms with Crippen LogP contribution in [-0.4, -0.2) is 15.5 Å². The van der Waals surface area contributed by atoms with Crippen molar-refractivity contribution in [3.63, 3.8) is 0 Å². The fraction of sp³-hybridized carbons (Fsp3) is 0.158. The molecular weight excluding hydrogens is 286 g/mol. The molecule has 1 N–H and O–H groups in total. The maximum absolute atomic E-state index is 12.5. The van der Waals surface area contributed by atoms with Crippen molar-refractivity contribution in [3.05, 3.63) is 77.4 Å². The minimum atomic E-state index is -0.102. The van der Waals surface area contributed by atoms with Gasteiger partial charge in [-0.3, -0.25) is 4.79 Å². The monoisotopic (exact) mass is 305 g/mol. The van der Waals surface area contributed by atoms with Gasteiger partial charge in [-0.25, -0.2) is 4.98 Å². The molecule has 1 amide bonds. The van der Waals surface area contributed by atoms with E-state index in [1.807, 2.05) is 67.9 Å². The van der Waals surface area contributed by atoms with Crippen LogP contribution < -0.4 is 5.32 Å². The van der Waals surface area contributed by atoms with Gasteiger partial charge in [-0.1, -0.05) is 6.07 Å². The highest BCUT2D eigenvalue weighted by atomic mass is 16.1. The van der Waals surface area contributed by atoms with E-state index in [1.54, 1.807) is 12.5 Å². The second-order valence-electron chi connectivity index (χ2n) is 5.78. The maximum Gasteiger partial charge on any atom is 0.255 e. The molecule has 0 bridgehead atoms. The first-order valence-electron chi connectivity index (χ1n) is 7.51. The van der Waals surface area contributed by atoms with E-state index in [0.717, 1.165) is 22.5 Å². The Hall–Kier alpha value is -2.88. The summed E-state index contributed by atoms with van der Waals surface area (Å²) < 4.78 is 1.92. The summed E-state index contributed by atoms with van der Waals surface area (Å²) in [6.45, 7) is 6.05. The van der Waals surface area contributed by atoms with Gasteiger partial charge in [-0.2, -0.15) is 0 Å². The largest absolute Gasteiger partial charge is 0.322 e. The summed E-state index contributed by atoms with van der Waals surface area (Å²) in [5.74, 6) is -0.102. The standard InChI is InChI=1S/C19H19N3O/c1-13-8-17(11-18(9-13)22-7-6-20-12-22)21-19(23)16-5-4-14(2)15(3)10-16/h4-12H,1-3H3,(H,21,23). The fourth-order valence-corrected chi connectivity index (χ4v) is 2.48. The Morgan fingerprint density at radius 3 is 2.57 bits per heavy atom. The topological polar surface area (TPSA) is 46.9 Å². The molecule has 3 aromatic rings. The lowest BCUT2D eigenvalue weighted by molar-refractivity contribution is 0.102. The van der Waals surface area contributed by atoms with Gasteiger partial charge in [0.1, 0.15) is 0 Å². The van der Waals surface area contributed by atoms with Gasteiger partial charge in [0.05, 0.1) is 6.33 Å². The number of carbonyl (C=O) groups excluding carboxylic acids is 1. The Balaban J connectivity index is 1.87. The van der Waals surface area contributed by atoms with Crippen molar-refractivity contribution in [2.45, 2.75) is 20.8 Å². The van der Waals surface area contributed by atoms with Gasteiger partial charge in [0.25, 0.3) is 5.91 Å². The number of benzene rings is 2. The van der Waals surface area contributed by atoms with Gasteiger partial charge < -0.3 is 9.88 Å². The first kappa shape index (κ1) is 15.0. The van der Waals surface area contributed by atoms with Gasteiger partial charge in [-0.15, -0.1) is 0 Å². The Morgan fingerprint density at radius 2 is 1.87 bits per heavy atom. The van der Waals surface area contributed by atoms with Crippen LogP contribution in [0.15, 0.2) is 55.1 Å². The smallest absolute Gasteiger partial charge is 0.255 e. The van der Waals surface area contributed by atoms with Crippen LogP contribution in [0.3, 0.4) is 0 Å². The number of amides is 1. The molecule has 23 heavy (non-hydrogen) atoms. The van der Waals surface area contributed by atoms with Crippen LogP contribution >= 0.6 is 0 Å². The van der Waals surface area contributed by atoms with Crippen LogP contribution in [0.4, 0.5) is 5.69 Å². The molecule has 0 saturated carbocycles. The summed E-state index contributed by atoms with van der Waals surface area (Å²) in [6.07, 6.45) is 5.35. The van der Waals surface area contributed by atoms with E-state index in [4.69, 9.17) is 0 Å². The molecule has 4 nitrogen and oxygen atoms in total. The summed E-state index contributed by atoms with van der Waals surface area (Å²) >= 11 is 0. The van der Waals surface area contributed by atoms with Crippen LogP contribution in [0.1, 0.15) is 27.0 Å². The number of rotatable bonds is 3. The van der Waals surface area contributed by atoms with Gasteiger partial charge >= 0.3 is 0 Å². The van der Waals surface area contributed by atoms with E-state index in [2.05, 4.69) is 10.3 Å². The molecule has 1 aromatic heterocycles. The van der Waals surface area contributed by atoms with Gasteiger partial charge in [0.15, 0.2) is 0 Å². The van der Waals surface area contributed by atoms with E-state index in [-0.39, 0.29) is 5.91 Å². The number of aromatic nitrogens is 2.